The Morgan fingerprint density at radius 1 is 0.864 bits per heavy atom. The van der Waals surface area contributed by atoms with Crippen LogP contribution in [0.5, 0.6) is 0 Å². The second-order valence-corrected chi connectivity index (χ2v) is 14.1. The zero-order valence-corrected chi connectivity index (χ0v) is 28.4. The molecular formula is C37H66N2O5. The highest BCUT2D eigenvalue weighted by Gasteiger charge is 2.32. The van der Waals surface area contributed by atoms with E-state index in [4.69, 9.17) is 5.11 Å². The van der Waals surface area contributed by atoms with Crippen LogP contribution in [0.1, 0.15) is 162 Å². The second-order valence-electron chi connectivity index (χ2n) is 14.1. The van der Waals surface area contributed by atoms with E-state index in [0.29, 0.717) is 18.6 Å². The third kappa shape index (κ3) is 16.0. The van der Waals surface area contributed by atoms with Crippen LogP contribution in [0.3, 0.4) is 0 Å². The number of aliphatic hydroxyl groups excluding tert-OH is 1. The van der Waals surface area contributed by atoms with Gasteiger partial charge in [-0.1, -0.05) is 110 Å². The molecule has 4 atom stereocenters. The van der Waals surface area contributed by atoms with E-state index in [1.807, 2.05) is 6.08 Å². The number of carboxylic acids is 1. The molecule has 1 amide bonds. The van der Waals surface area contributed by atoms with E-state index in [-0.39, 0.29) is 23.7 Å². The smallest absolute Gasteiger partial charge is 0.326 e. The van der Waals surface area contributed by atoms with Gasteiger partial charge in [0, 0.05) is 30.8 Å². The van der Waals surface area contributed by atoms with Crippen molar-refractivity contribution in [3.05, 3.63) is 12.2 Å². The van der Waals surface area contributed by atoms with Gasteiger partial charge in [0.2, 0.25) is 5.91 Å². The summed E-state index contributed by atoms with van der Waals surface area (Å²) in [5.41, 5.74) is 0. The maximum Gasteiger partial charge on any atom is 0.326 e. The van der Waals surface area contributed by atoms with Crippen molar-refractivity contribution in [2.75, 3.05) is 0 Å². The lowest BCUT2D eigenvalue weighted by Crippen LogP contribution is -2.44. The first-order chi connectivity index (χ1) is 21.2. The molecule has 3 aliphatic rings. The summed E-state index contributed by atoms with van der Waals surface area (Å²) >= 11 is 0. The molecule has 0 heterocycles. The number of aliphatic carboxylic acids is 1. The van der Waals surface area contributed by atoms with Crippen LogP contribution in [0.25, 0.3) is 0 Å². The van der Waals surface area contributed by atoms with Crippen molar-refractivity contribution >= 4 is 17.7 Å². The summed E-state index contributed by atoms with van der Waals surface area (Å²) in [4.78, 5) is 35.4. The van der Waals surface area contributed by atoms with Gasteiger partial charge in [-0.15, -0.1) is 0 Å². The number of aliphatic hydroxyl groups is 1. The fraction of sp³-hybridized carbons (Fsp3) is 0.865. The number of rotatable bonds is 18. The van der Waals surface area contributed by atoms with Gasteiger partial charge in [0.1, 0.15) is 11.8 Å². The monoisotopic (exact) mass is 618 g/mol. The van der Waals surface area contributed by atoms with E-state index in [1.165, 1.54) is 64.2 Å². The summed E-state index contributed by atoms with van der Waals surface area (Å²) < 4.78 is 0. The highest BCUT2D eigenvalue weighted by molar-refractivity contribution is 5.84. The topological polar surface area (TPSA) is 116 Å². The molecule has 1 unspecified atom stereocenters. The maximum absolute atomic E-state index is 12.3. The first-order valence-corrected chi connectivity index (χ1v) is 18.4. The first-order valence-electron chi connectivity index (χ1n) is 18.4. The molecule has 0 spiro atoms. The normalized spacial score (nSPS) is 23.0. The molecule has 3 rings (SSSR count). The van der Waals surface area contributed by atoms with Crippen LogP contribution in [0.4, 0.5) is 0 Å². The van der Waals surface area contributed by atoms with E-state index < -0.39 is 18.1 Å². The predicted molar refractivity (Wildman–Crippen MR) is 179 cm³/mol. The van der Waals surface area contributed by atoms with Gasteiger partial charge in [-0.2, -0.15) is 0 Å². The van der Waals surface area contributed by atoms with Gasteiger partial charge in [-0.05, 0) is 63.2 Å². The van der Waals surface area contributed by atoms with Crippen LogP contribution in [-0.4, -0.2) is 52.1 Å². The van der Waals surface area contributed by atoms with Crippen molar-refractivity contribution in [2.45, 2.75) is 186 Å². The Balaban J connectivity index is 0.000000425. The average Bonchev–Trinajstić information content (AvgIpc) is 3.36. The van der Waals surface area contributed by atoms with Crippen molar-refractivity contribution in [3.63, 3.8) is 0 Å². The van der Waals surface area contributed by atoms with Gasteiger partial charge in [-0.3, -0.25) is 9.59 Å². The summed E-state index contributed by atoms with van der Waals surface area (Å²) in [6, 6.07) is 0.907. The molecule has 254 valence electrons. The fourth-order valence-corrected chi connectivity index (χ4v) is 7.14. The molecular weight excluding hydrogens is 552 g/mol. The number of hydrogen-bond acceptors (Lipinski definition) is 5. The average molecular weight is 619 g/mol. The van der Waals surface area contributed by atoms with E-state index in [1.54, 1.807) is 13.8 Å². The number of hydrogen-bond donors (Lipinski definition) is 4. The Morgan fingerprint density at radius 3 is 2.05 bits per heavy atom. The molecule has 7 heteroatoms. The summed E-state index contributed by atoms with van der Waals surface area (Å²) in [7, 11) is 0. The van der Waals surface area contributed by atoms with E-state index in [9.17, 15) is 19.5 Å². The first kappa shape index (κ1) is 38.5. The van der Waals surface area contributed by atoms with Gasteiger partial charge in [-0.25, -0.2) is 4.79 Å². The summed E-state index contributed by atoms with van der Waals surface area (Å²) in [5.74, 6) is -0.725. The lowest BCUT2D eigenvalue weighted by Gasteiger charge is -2.30. The lowest BCUT2D eigenvalue weighted by atomic mass is 9.89. The van der Waals surface area contributed by atoms with Crippen molar-refractivity contribution < 1.29 is 24.6 Å². The summed E-state index contributed by atoms with van der Waals surface area (Å²) in [6.45, 7) is 5.70. The Bertz CT molecular complexity index is 816. The van der Waals surface area contributed by atoms with Gasteiger partial charge >= 0.3 is 5.97 Å². The van der Waals surface area contributed by atoms with Gasteiger partial charge in [0.25, 0.3) is 0 Å². The Kier molecular flexibility index (Phi) is 19.9. The Labute approximate surface area is 268 Å². The quantitative estimate of drug-likeness (QED) is 0.0917. The summed E-state index contributed by atoms with van der Waals surface area (Å²) in [6.07, 6.45) is 28.4. The number of unbranched alkanes of at least 4 members (excludes halogenated alkanes) is 5. The van der Waals surface area contributed by atoms with Crippen molar-refractivity contribution in [1.82, 2.24) is 10.6 Å². The molecule has 3 saturated carbocycles. The van der Waals surface area contributed by atoms with Crippen molar-refractivity contribution in [1.29, 1.82) is 0 Å². The molecule has 0 aromatic rings. The molecule has 0 bridgehead atoms. The predicted octanol–water partition coefficient (Wildman–Crippen LogP) is 7.89. The Morgan fingerprint density at radius 2 is 1.48 bits per heavy atom. The van der Waals surface area contributed by atoms with E-state index in [2.05, 4.69) is 23.6 Å². The van der Waals surface area contributed by atoms with Gasteiger partial charge in [0.05, 0.1) is 6.10 Å². The molecule has 0 aromatic carbocycles. The largest absolute Gasteiger partial charge is 0.480 e. The number of carbonyl (C=O) groups excluding carboxylic acids is 2. The number of Topliss-reactive ketones (excluding diaryl/α,β-unsaturated/α-hetero) is 1. The third-order valence-electron chi connectivity index (χ3n) is 9.94. The maximum atomic E-state index is 12.3. The molecule has 3 fully saturated rings. The SMILES string of the molecule is C1CCC(NC2CCCCC2)CC1.CCCCC[C@H](O)/C=C/[C@H]1CCC(=O)[C@@H]1CCCCCCC(=O)NC(C(=O)O)C(C)C. The highest BCUT2D eigenvalue weighted by Crippen LogP contribution is 2.34. The van der Waals surface area contributed by atoms with Gasteiger partial charge < -0.3 is 20.8 Å². The van der Waals surface area contributed by atoms with Crippen LogP contribution < -0.4 is 10.6 Å². The fourth-order valence-electron chi connectivity index (χ4n) is 7.14. The standard InChI is InChI=1S/C25H43NO5.C12H23N/c1-4-5-8-11-20(27)16-14-19-15-17-22(28)21(19)12-9-6-7-10-13-23(29)26-24(18(2)3)25(30)31;1-3-7-11(8-4-1)13-12-9-5-2-6-10-12/h14,16,18-21,24,27H,4-13,15,17H2,1-3H3,(H,26,29)(H,30,31);11-13H,1-10H2/b16-14+;/t19-,20-,21+,24?;/m0./s1. The van der Waals surface area contributed by atoms with Crippen LogP contribution >= 0.6 is 0 Å². The molecule has 0 aliphatic heterocycles. The Hall–Kier alpha value is -1.73. The number of ketones is 1. The number of amides is 1. The van der Waals surface area contributed by atoms with Gasteiger partial charge in [0.15, 0.2) is 0 Å². The number of nitrogens with one attached hydrogen (secondary N) is 2. The highest BCUT2D eigenvalue weighted by atomic mass is 16.4. The van der Waals surface area contributed by atoms with Crippen LogP contribution in [0, 0.1) is 17.8 Å². The van der Waals surface area contributed by atoms with Crippen LogP contribution in [-0.2, 0) is 14.4 Å². The van der Waals surface area contributed by atoms with E-state index >= 15 is 0 Å². The number of allylic oxidation sites excluding steroid dienone is 1. The van der Waals surface area contributed by atoms with E-state index in [0.717, 1.165) is 76.3 Å². The van der Waals surface area contributed by atoms with Crippen LogP contribution in [0.2, 0.25) is 0 Å². The van der Waals surface area contributed by atoms with Crippen LogP contribution in [0.15, 0.2) is 12.2 Å². The second kappa shape index (κ2) is 22.7. The molecule has 7 nitrogen and oxygen atoms in total. The number of carbonyl (C=O) groups is 3. The zero-order chi connectivity index (χ0) is 32.2. The minimum absolute atomic E-state index is 0.0600. The zero-order valence-electron chi connectivity index (χ0n) is 28.4. The lowest BCUT2D eigenvalue weighted by molar-refractivity contribution is -0.143. The molecule has 0 saturated heterocycles. The number of carboxylic acid groups (broad SMARTS) is 1. The summed E-state index contributed by atoms with van der Waals surface area (Å²) in [5, 5.41) is 25.7. The minimum atomic E-state index is -0.998. The molecule has 3 aliphatic carbocycles. The van der Waals surface area contributed by atoms with Crippen molar-refractivity contribution in [3.8, 4) is 0 Å². The third-order valence-corrected chi connectivity index (χ3v) is 9.94. The molecule has 0 radical (unpaired) electrons. The molecule has 0 aromatic heterocycles. The molecule has 4 N–H and O–H groups in total. The minimum Gasteiger partial charge on any atom is -0.480 e. The van der Waals surface area contributed by atoms with Crippen molar-refractivity contribution in [2.24, 2.45) is 17.8 Å². The molecule has 44 heavy (non-hydrogen) atoms.